The van der Waals surface area contributed by atoms with E-state index < -0.39 is 0 Å². The molecule has 3 heterocycles. The van der Waals surface area contributed by atoms with Crippen LogP contribution in [0, 0.1) is 0 Å². The van der Waals surface area contributed by atoms with Gasteiger partial charge in [0.2, 0.25) is 0 Å². The number of amides is 1. The second kappa shape index (κ2) is 5.52. The lowest BCUT2D eigenvalue weighted by Gasteiger charge is -2.20. The molecule has 2 aliphatic rings. The van der Waals surface area contributed by atoms with Gasteiger partial charge in [-0.1, -0.05) is 34.1 Å². The topological polar surface area (TPSA) is 67.2 Å². The van der Waals surface area contributed by atoms with Crippen LogP contribution in [0.15, 0.2) is 39.4 Å². The van der Waals surface area contributed by atoms with Crippen molar-refractivity contribution in [1.82, 2.24) is 15.6 Å². The Morgan fingerprint density at radius 3 is 2.95 bits per heavy atom. The Kier molecular flexibility index (Phi) is 3.50. The van der Waals surface area contributed by atoms with Gasteiger partial charge in [-0.25, -0.2) is 4.98 Å². The number of halogens is 1. The van der Waals surface area contributed by atoms with E-state index in [2.05, 4.69) is 31.5 Å². The maximum Gasteiger partial charge on any atom is 0.307 e. The van der Waals surface area contributed by atoms with Gasteiger partial charge in [0.25, 0.3) is 5.89 Å². The molecule has 4 rings (SSSR count). The molecule has 0 unspecified atom stereocenters. The number of hydrogen-bond donors (Lipinski definition) is 2. The van der Waals surface area contributed by atoms with Crippen molar-refractivity contribution in [3.05, 3.63) is 40.8 Å². The summed E-state index contributed by atoms with van der Waals surface area (Å²) in [6.45, 7) is 0. The van der Waals surface area contributed by atoms with Gasteiger partial charge in [0, 0.05) is 28.2 Å². The van der Waals surface area contributed by atoms with Gasteiger partial charge in [0.1, 0.15) is 0 Å². The van der Waals surface area contributed by atoms with Crippen molar-refractivity contribution in [2.75, 3.05) is 0 Å². The molecule has 2 N–H and O–H groups in total. The molecule has 114 valence electrons. The maximum absolute atomic E-state index is 12.3. The van der Waals surface area contributed by atoms with Crippen LogP contribution >= 0.6 is 15.9 Å². The Morgan fingerprint density at radius 1 is 1.36 bits per heavy atom. The second-order valence-corrected chi connectivity index (χ2v) is 6.73. The molecule has 2 aliphatic heterocycles. The molecule has 0 spiro atoms. The Hall–Kier alpha value is -1.66. The van der Waals surface area contributed by atoms with E-state index in [0.29, 0.717) is 17.8 Å². The molecule has 6 heteroatoms. The minimum atomic E-state index is -0.238. The van der Waals surface area contributed by atoms with Crippen molar-refractivity contribution in [3.63, 3.8) is 0 Å². The number of carbonyl (C=O) groups is 1. The van der Waals surface area contributed by atoms with E-state index in [1.54, 1.807) is 6.20 Å². The van der Waals surface area contributed by atoms with Crippen molar-refractivity contribution >= 4 is 21.8 Å². The van der Waals surface area contributed by atoms with Gasteiger partial charge in [0.05, 0.1) is 6.20 Å². The summed E-state index contributed by atoms with van der Waals surface area (Å²) in [4.78, 5) is 16.4. The highest BCUT2D eigenvalue weighted by Gasteiger charge is 2.40. The standard InChI is InChI=1S/C16H16BrN3O2/c17-11-4-2-1-3-10(11)14-8-18-16(22-14)15(21)20-13-7-9-5-6-12(13)19-9/h1-4,8-9,12-13,19H,5-7H2,(H,20,21)/t9-,12+,13-/m1/s1. The highest BCUT2D eigenvalue weighted by atomic mass is 79.9. The first-order chi connectivity index (χ1) is 10.7. The summed E-state index contributed by atoms with van der Waals surface area (Å²) in [6, 6.07) is 8.83. The van der Waals surface area contributed by atoms with Crippen molar-refractivity contribution in [1.29, 1.82) is 0 Å². The number of hydrogen-bond acceptors (Lipinski definition) is 4. The van der Waals surface area contributed by atoms with E-state index in [4.69, 9.17) is 4.42 Å². The molecule has 2 saturated heterocycles. The molecule has 1 aromatic carbocycles. The number of rotatable bonds is 3. The van der Waals surface area contributed by atoms with E-state index in [9.17, 15) is 4.79 Å². The van der Waals surface area contributed by atoms with Crippen LogP contribution < -0.4 is 10.6 Å². The van der Waals surface area contributed by atoms with Crippen molar-refractivity contribution in [3.8, 4) is 11.3 Å². The summed E-state index contributed by atoms with van der Waals surface area (Å²) in [7, 11) is 0. The zero-order chi connectivity index (χ0) is 15.1. The minimum Gasteiger partial charge on any atom is -0.432 e. The van der Waals surface area contributed by atoms with Gasteiger partial charge in [-0.15, -0.1) is 0 Å². The zero-order valence-electron chi connectivity index (χ0n) is 11.9. The van der Waals surface area contributed by atoms with Crippen molar-refractivity contribution < 1.29 is 9.21 Å². The third kappa shape index (κ3) is 2.46. The predicted molar refractivity (Wildman–Crippen MR) is 85.5 cm³/mol. The molecule has 3 atom stereocenters. The number of fused-ring (bicyclic) bond motifs is 2. The number of carbonyl (C=O) groups excluding carboxylic acids is 1. The average Bonchev–Trinajstić information content (AvgIpc) is 3.24. The molecule has 5 nitrogen and oxygen atoms in total. The Morgan fingerprint density at radius 2 is 2.23 bits per heavy atom. The van der Waals surface area contributed by atoms with Crippen molar-refractivity contribution in [2.24, 2.45) is 0 Å². The molecule has 0 radical (unpaired) electrons. The minimum absolute atomic E-state index is 0.119. The van der Waals surface area contributed by atoms with E-state index in [0.717, 1.165) is 22.9 Å². The fourth-order valence-corrected chi connectivity index (χ4v) is 3.86. The van der Waals surface area contributed by atoms with Crippen LogP contribution in [0.4, 0.5) is 0 Å². The largest absolute Gasteiger partial charge is 0.432 e. The Balaban J connectivity index is 1.49. The Bertz CT molecular complexity index is 715. The first kappa shape index (κ1) is 14.0. The van der Waals surface area contributed by atoms with Gasteiger partial charge in [-0.2, -0.15) is 0 Å². The summed E-state index contributed by atoms with van der Waals surface area (Å²) in [5.74, 6) is 0.467. The highest BCUT2D eigenvalue weighted by molar-refractivity contribution is 9.10. The summed E-state index contributed by atoms with van der Waals surface area (Å²) in [5, 5.41) is 6.54. The smallest absolute Gasteiger partial charge is 0.307 e. The highest BCUT2D eigenvalue weighted by Crippen LogP contribution is 2.30. The molecular formula is C16H16BrN3O2. The van der Waals surface area contributed by atoms with Crippen LogP contribution in [-0.2, 0) is 0 Å². The third-order valence-electron chi connectivity index (χ3n) is 4.46. The first-order valence-electron chi connectivity index (χ1n) is 7.48. The molecule has 1 amide bonds. The molecule has 0 aliphatic carbocycles. The summed E-state index contributed by atoms with van der Waals surface area (Å²) in [6.07, 6.45) is 4.92. The van der Waals surface area contributed by atoms with Crippen LogP contribution in [0.3, 0.4) is 0 Å². The van der Waals surface area contributed by atoms with Crippen LogP contribution in [0.2, 0.25) is 0 Å². The first-order valence-corrected chi connectivity index (χ1v) is 8.27. The lowest BCUT2D eigenvalue weighted by atomic mass is 9.95. The maximum atomic E-state index is 12.3. The van der Waals surface area contributed by atoms with Gasteiger partial charge >= 0.3 is 5.91 Å². The zero-order valence-corrected chi connectivity index (χ0v) is 13.5. The van der Waals surface area contributed by atoms with E-state index in [1.165, 1.54) is 6.42 Å². The average molecular weight is 362 g/mol. The van der Waals surface area contributed by atoms with E-state index >= 15 is 0 Å². The summed E-state index contributed by atoms with van der Waals surface area (Å²) >= 11 is 3.48. The molecule has 2 bridgehead atoms. The lowest BCUT2D eigenvalue weighted by molar-refractivity contribution is 0.0896. The SMILES string of the molecule is O=C(N[C@@H]1C[C@H]2CC[C@@H]1N2)c1ncc(-c2ccccc2Br)o1. The van der Waals surface area contributed by atoms with Crippen LogP contribution in [0.5, 0.6) is 0 Å². The molecule has 0 saturated carbocycles. The van der Waals surface area contributed by atoms with Gasteiger partial charge < -0.3 is 15.1 Å². The fraction of sp³-hybridized carbons (Fsp3) is 0.375. The Labute approximate surface area is 136 Å². The monoisotopic (exact) mass is 361 g/mol. The fourth-order valence-electron chi connectivity index (χ4n) is 3.38. The predicted octanol–water partition coefficient (Wildman–Crippen LogP) is 2.73. The van der Waals surface area contributed by atoms with Crippen LogP contribution in [0.1, 0.15) is 29.9 Å². The normalized spacial score (nSPS) is 26.3. The number of oxazole rings is 1. The molecule has 2 fully saturated rings. The number of benzene rings is 1. The molecule has 22 heavy (non-hydrogen) atoms. The molecular weight excluding hydrogens is 346 g/mol. The van der Waals surface area contributed by atoms with E-state index in [-0.39, 0.29) is 17.8 Å². The molecule has 1 aromatic heterocycles. The number of aromatic nitrogens is 1. The van der Waals surface area contributed by atoms with Gasteiger partial charge in [0.15, 0.2) is 5.76 Å². The third-order valence-corrected chi connectivity index (χ3v) is 5.15. The van der Waals surface area contributed by atoms with Crippen LogP contribution in [-0.4, -0.2) is 29.0 Å². The van der Waals surface area contributed by atoms with Crippen molar-refractivity contribution in [2.45, 2.75) is 37.4 Å². The summed E-state index contributed by atoms with van der Waals surface area (Å²) < 4.78 is 6.54. The lowest BCUT2D eigenvalue weighted by Crippen LogP contribution is -2.43. The second-order valence-electron chi connectivity index (χ2n) is 5.87. The van der Waals surface area contributed by atoms with Gasteiger partial charge in [-0.3, -0.25) is 4.79 Å². The number of nitrogens with zero attached hydrogens (tertiary/aromatic N) is 1. The molecule has 2 aromatic rings. The summed E-state index contributed by atoms with van der Waals surface area (Å²) in [5.41, 5.74) is 0.885. The van der Waals surface area contributed by atoms with Gasteiger partial charge in [-0.05, 0) is 25.3 Å². The quantitative estimate of drug-likeness (QED) is 0.881. The number of nitrogens with one attached hydrogen (secondary N) is 2. The van der Waals surface area contributed by atoms with Crippen LogP contribution in [0.25, 0.3) is 11.3 Å². The van der Waals surface area contributed by atoms with E-state index in [1.807, 2.05) is 24.3 Å².